The average Bonchev–Trinajstić information content (AvgIpc) is 2.78. The Balaban J connectivity index is 1.85. The number of phenolic OH excluding ortho intramolecular Hbond substituents is 1. The third kappa shape index (κ3) is 2.54. The maximum atomic E-state index is 12.2. The summed E-state index contributed by atoms with van der Waals surface area (Å²) >= 11 is 1.90. The summed E-state index contributed by atoms with van der Waals surface area (Å²) in [5.41, 5.74) is 4.32. The molecule has 0 spiro atoms. The summed E-state index contributed by atoms with van der Waals surface area (Å²) in [4.78, 5) is 24.1. The molecule has 6 nitrogen and oxygen atoms in total. The number of nitrogens with zero attached hydrogens (tertiary/aromatic N) is 2. The van der Waals surface area contributed by atoms with Crippen molar-refractivity contribution in [1.82, 2.24) is 5.43 Å². The number of anilines is 1. The van der Waals surface area contributed by atoms with Gasteiger partial charge in [-0.25, -0.2) is 8.54 Å². The van der Waals surface area contributed by atoms with E-state index in [9.17, 15) is 14.7 Å². The van der Waals surface area contributed by atoms with E-state index in [4.69, 9.17) is 0 Å². The lowest BCUT2D eigenvalue weighted by Gasteiger charge is -2.04. The minimum atomic E-state index is -0.454. The number of carbonyl (C=O) groups excluding carboxylic acids is 2. The van der Waals surface area contributed by atoms with Gasteiger partial charge in [0.25, 0.3) is 11.8 Å². The zero-order chi connectivity index (χ0) is 15.7. The van der Waals surface area contributed by atoms with Crippen molar-refractivity contribution >= 4 is 46.1 Å². The summed E-state index contributed by atoms with van der Waals surface area (Å²) in [5, 5.41) is 13.2. The second kappa shape index (κ2) is 5.76. The molecule has 0 atom stereocenters. The fourth-order valence-corrected chi connectivity index (χ4v) is 2.70. The molecule has 7 heteroatoms. The molecule has 0 saturated carbocycles. The Morgan fingerprint density at radius 2 is 1.82 bits per heavy atom. The summed E-state index contributed by atoms with van der Waals surface area (Å²) in [6, 6.07) is 13.0. The lowest BCUT2D eigenvalue weighted by Crippen LogP contribution is -2.25. The number of benzene rings is 2. The number of carbonyl (C=O) groups is 2. The number of aromatic hydroxyl groups is 1. The van der Waals surface area contributed by atoms with E-state index in [0.717, 1.165) is 5.69 Å². The van der Waals surface area contributed by atoms with Gasteiger partial charge in [-0.1, -0.05) is 18.2 Å². The van der Waals surface area contributed by atoms with Crippen molar-refractivity contribution in [3.63, 3.8) is 0 Å². The van der Waals surface area contributed by atoms with Crippen LogP contribution in [0.15, 0.2) is 53.6 Å². The van der Waals surface area contributed by atoms with E-state index in [2.05, 4.69) is 10.5 Å². The molecule has 0 unspecified atom stereocenters. The standard InChI is InChI=1S/C15H10IN3O3/c16-19-12-4-2-1-3-11(12)13(15(19)22)17-18-14(21)9-5-7-10(20)8-6-9/h1-8,20H,(H,18,21). The van der Waals surface area contributed by atoms with Gasteiger partial charge in [0.05, 0.1) is 28.6 Å². The second-order valence-corrected chi connectivity index (χ2v) is 5.52. The van der Waals surface area contributed by atoms with Crippen molar-refractivity contribution in [2.24, 2.45) is 5.10 Å². The van der Waals surface area contributed by atoms with Gasteiger partial charge in [-0.05, 0) is 30.3 Å². The number of amides is 2. The van der Waals surface area contributed by atoms with E-state index in [-0.39, 0.29) is 17.4 Å². The first-order valence-corrected chi connectivity index (χ1v) is 7.31. The van der Waals surface area contributed by atoms with Crippen LogP contribution in [0.4, 0.5) is 5.69 Å². The minimum absolute atomic E-state index is 0.0725. The molecule has 1 aliphatic rings. The van der Waals surface area contributed by atoms with Gasteiger partial charge in [0, 0.05) is 11.1 Å². The molecule has 3 rings (SSSR count). The number of fused-ring (bicyclic) bond motifs is 1. The molecule has 2 aromatic carbocycles. The molecule has 110 valence electrons. The molecule has 2 N–H and O–H groups in total. The smallest absolute Gasteiger partial charge is 0.288 e. The third-order valence-corrected chi connectivity index (χ3v) is 4.11. The van der Waals surface area contributed by atoms with Gasteiger partial charge >= 0.3 is 0 Å². The number of hydrogen-bond acceptors (Lipinski definition) is 4. The largest absolute Gasteiger partial charge is 0.508 e. The Morgan fingerprint density at radius 3 is 2.55 bits per heavy atom. The average molecular weight is 407 g/mol. The zero-order valence-corrected chi connectivity index (χ0v) is 13.3. The van der Waals surface area contributed by atoms with Crippen molar-refractivity contribution < 1.29 is 14.7 Å². The highest BCUT2D eigenvalue weighted by atomic mass is 127. The van der Waals surface area contributed by atoms with Crippen LogP contribution in [0.5, 0.6) is 5.75 Å². The molecule has 0 aliphatic carbocycles. The van der Waals surface area contributed by atoms with Gasteiger partial charge in [0.15, 0.2) is 5.71 Å². The van der Waals surface area contributed by atoms with E-state index in [1.165, 1.54) is 27.4 Å². The van der Waals surface area contributed by atoms with Gasteiger partial charge in [0.1, 0.15) is 5.75 Å². The molecule has 22 heavy (non-hydrogen) atoms. The summed E-state index contributed by atoms with van der Waals surface area (Å²) in [7, 11) is 0. The Bertz CT molecular complexity index is 787. The highest BCUT2D eigenvalue weighted by Gasteiger charge is 2.32. The fraction of sp³-hybridized carbons (Fsp3) is 0. The molecular weight excluding hydrogens is 397 g/mol. The Hall–Kier alpha value is -2.42. The number of hydrogen-bond donors (Lipinski definition) is 2. The van der Waals surface area contributed by atoms with Crippen molar-refractivity contribution in [3.8, 4) is 5.75 Å². The third-order valence-electron chi connectivity index (χ3n) is 3.15. The summed E-state index contributed by atoms with van der Waals surface area (Å²) in [5.74, 6) is -0.666. The van der Waals surface area contributed by atoms with E-state index < -0.39 is 5.91 Å². The van der Waals surface area contributed by atoms with Crippen LogP contribution >= 0.6 is 22.9 Å². The van der Waals surface area contributed by atoms with E-state index in [1.807, 2.05) is 35.0 Å². The molecule has 0 radical (unpaired) electrons. The predicted octanol–water partition coefficient (Wildman–Crippen LogP) is 2.22. The van der Waals surface area contributed by atoms with E-state index >= 15 is 0 Å². The maximum absolute atomic E-state index is 12.2. The normalized spacial score (nSPS) is 15.0. The van der Waals surface area contributed by atoms with Crippen LogP contribution in [0.3, 0.4) is 0 Å². The molecule has 0 saturated heterocycles. The van der Waals surface area contributed by atoms with Crippen LogP contribution in [0, 0.1) is 0 Å². The van der Waals surface area contributed by atoms with Crippen LogP contribution in [0.1, 0.15) is 15.9 Å². The lowest BCUT2D eigenvalue weighted by molar-refractivity contribution is -0.110. The molecule has 1 aliphatic heterocycles. The number of hydrazone groups is 1. The second-order valence-electron chi connectivity index (χ2n) is 4.55. The molecule has 0 fully saturated rings. The number of phenols is 1. The van der Waals surface area contributed by atoms with Crippen LogP contribution in [0.2, 0.25) is 0 Å². The van der Waals surface area contributed by atoms with Crippen LogP contribution < -0.4 is 8.54 Å². The van der Waals surface area contributed by atoms with Crippen molar-refractivity contribution in [1.29, 1.82) is 0 Å². The first kappa shape index (κ1) is 14.5. The molecule has 2 aromatic rings. The van der Waals surface area contributed by atoms with Crippen molar-refractivity contribution in [2.75, 3.05) is 3.11 Å². The number of para-hydroxylation sites is 1. The van der Waals surface area contributed by atoms with Crippen LogP contribution in [0.25, 0.3) is 0 Å². The molecule has 1 heterocycles. The van der Waals surface area contributed by atoms with Gasteiger partial charge in [0.2, 0.25) is 0 Å². The molecular formula is C15H10IN3O3. The Labute approximate surface area is 139 Å². The molecule has 0 bridgehead atoms. The monoisotopic (exact) mass is 407 g/mol. The predicted molar refractivity (Wildman–Crippen MR) is 90.1 cm³/mol. The van der Waals surface area contributed by atoms with Crippen molar-refractivity contribution in [2.45, 2.75) is 0 Å². The zero-order valence-electron chi connectivity index (χ0n) is 11.2. The quantitative estimate of drug-likeness (QED) is 0.455. The summed E-state index contributed by atoms with van der Waals surface area (Å²) < 4.78 is 1.46. The van der Waals surface area contributed by atoms with Crippen molar-refractivity contribution in [3.05, 3.63) is 59.7 Å². The Kier molecular flexibility index (Phi) is 3.80. The van der Waals surface area contributed by atoms with Gasteiger partial charge in [-0.15, -0.1) is 0 Å². The van der Waals surface area contributed by atoms with Gasteiger partial charge in [-0.3, -0.25) is 9.59 Å². The maximum Gasteiger partial charge on any atom is 0.288 e. The van der Waals surface area contributed by atoms with E-state index in [1.54, 1.807) is 12.1 Å². The number of rotatable bonds is 2. The van der Waals surface area contributed by atoms with E-state index in [0.29, 0.717) is 11.1 Å². The van der Waals surface area contributed by atoms with Crippen LogP contribution in [-0.2, 0) is 4.79 Å². The van der Waals surface area contributed by atoms with Gasteiger partial charge < -0.3 is 5.11 Å². The topological polar surface area (TPSA) is 82.0 Å². The minimum Gasteiger partial charge on any atom is -0.508 e. The molecule has 2 amide bonds. The summed E-state index contributed by atoms with van der Waals surface area (Å²) in [6.07, 6.45) is 0. The lowest BCUT2D eigenvalue weighted by atomic mass is 10.1. The fourth-order valence-electron chi connectivity index (χ4n) is 2.05. The summed E-state index contributed by atoms with van der Waals surface area (Å²) in [6.45, 7) is 0. The Morgan fingerprint density at radius 1 is 1.14 bits per heavy atom. The number of nitrogens with one attached hydrogen (secondary N) is 1. The SMILES string of the molecule is O=C(NN=C1C(=O)N(I)c2ccccc21)c1ccc(O)cc1. The number of halogens is 1. The highest BCUT2D eigenvalue weighted by molar-refractivity contribution is 14.1. The van der Waals surface area contributed by atoms with Crippen LogP contribution in [-0.4, -0.2) is 22.6 Å². The molecule has 0 aromatic heterocycles. The first-order valence-electron chi connectivity index (χ1n) is 6.34. The highest BCUT2D eigenvalue weighted by Crippen LogP contribution is 2.31. The van der Waals surface area contributed by atoms with Gasteiger partial charge in [-0.2, -0.15) is 5.10 Å². The first-order chi connectivity index (χ1) is 10.6.